The first-order chi connectivity index (χ1) is 12.1. The number of nitrogens with zero attached hydrogens (tertiary/aromatic N) is 2. The van der Waals surface area contributed by atoms with E-state index < -0.39 is 4.92 Å². The van der Waals surface area contributed by atoms with Crippen molar-refractivity contribution in [2.24, 2.45) is 0 Å². The molecule has 0 atom stereocenters. The molecular formula is C18H15N3O3S. The maximum atomic E-state index is 12.5. The summed E-state index contributed by atoms with van der Waals surface area (Å²) in [5.41, 5.74) is 4.69. The van der Waals surface area contributed by atoms with Gasteiger partial charge in [0.05, 0.1) is 17.2 Å². The van der Waals surface area contributed by atoms with Crippen LogP contribution in [-0.2, 0) is 6.54 Å². The van der Waals surface area contributed by atoms with Crippen molar-refractivity contribution in [2.75, 3.05) is 5.01 Å². The van der Waals surface area contributed by atoms with Gasteiger partial charge in [-0.05, 0) is 23.8 Å². The monoisotopic (exact) mass is 353 g/mol. The van der Waals surface area contributed by atoms with Gasteiger partial charge in [0.15, 0.2) is 0 Å². The van der Waals surface area contributed by atoms with Gasteiger partial charge in [-0.25, -0.2) is 0 Å². The second-order valence-electron chi connectivity index (χ2n) is 5.24. The van der Waals surface area contributed by atoms with Crippen molar-refractivity contribution in [3.8, 4) is 0 Å². The van der Waals surface area contributed by atoms with Gasteiger partial charge in [0.25, 0.3) is 5.91 Å². The second-order valence-corrected chi connectivity index (χ2v) is 6.31. The number of anilines is 1. The van der Waals surface area contributed by atoms with Crippen LogP contribution in [0.2, 0.25) is 0 Å². The van der Waals surface area contributed by atoms with Crippen molar-refractivity contribution in [3.63, 3.8) is 0 Å². The molecule has 0 aliphatic rings. The quantitative estimate of drug-likeness (QED) is 0.537. The lowest BCUT2D eigenvalue weighted by atomic mass is 10.2. The number of hydrazine groups is 1. The summed E-state index contributed by atoms with van der Waals surface area (Å²) >= 11 is 0.855. The van der Waals surface area contributed by atoms with Gasteiger partial charge in [-0.1, -0.05) is 59.9 Å². The van der Waals surface area contributed by atoms with E-state index in [1.807, 2.05) is 60.7 Å². The molecule has 0 spiro atoms. The van der Waals surface area contributed by atoms with E-state index in [2.05, 4.69) is 5.43 Å². The molecule has 0 aliphatic carbocycles. The number of benzene rings is 2. The van der Waals surface area contributed by atoms with Crippen LogP contribution in [0.3, 0.4) is 0 Å². The zero-order valence-electron chi connectivity index (χ0n) is 13.2. The summed E-state index contributed by atoms with van der Waals surface area (Å²) in [6.07, 6.45) is 0. The summed E-state index contributed by atoms with van der Waals surface area (Å²) in [5, 5.41) is 12.5. The number of hydrogen-bond acceptors (Lipinski definition) is 5. The van der Waals surface area contributed by atoms with Gasteiger partial charge in [0.1, 0.15) is 4.88 Å². The van der Waals surface area contributed by atoms with Gasteiger partial charge in [0.2, 0.25) is 0 Å². The number of nitro groups is 1. The van der Waals surface area contributed by atoms with E-state index >= 15 is 0 Å². The van der Waals surface area contributed by atoms with E-state index in [-0.39, 0.29) is 10.9 Å². The van der Waals surface area contributed by atoms with E-state index in [4.69, 9.17) is 0 Å². The van der Waals surface area contributed by atoms with Crippen LogP contribution in [0, 0.1) is 10.1 Å². The molecule has 126 valence electrons. The van der Waals surface area contributed by atoms with Crippen LogP contribution in [0.4, 0.5) is 10.7 Å². The summed E-state index contributed by atoms with van der Waals surface area (Å²) < 4.78 is 0. The Morgan fingerprint density at radius 1 is 1.00 bits per heavy atom. The molecule has 0 saturated carbocycles. The van der Waals surface area contributed by atoms with Crippen molar-refractivity contribution in [1.82, 2.24) is 5.43 Å². The van der Waals surface area contributed by atoms with Crippen molar-refractivity contribution < 1.29 is 9.72 Å². The SMILES string of the molecule is O=C(NN(Cc1ccccc1)c1ccccc1)c1ccc([N+](=O)[O-])s1. The standard InChI is InChI=1S/C18H15N3O3S/c22-18(16-11-12-17(25-16)21(23)24)19-20(15-9-5-2-6-10-15)13-14-7-3-1-4-8-14/h1-12H,13H2,(H,19,22). The maximum absolute atomic E-state index is 12.5. The highest BCUT2D eigenvalue weighted by Gasteiger charge is 2.18. The number of para-hydroxylation sites is 1. The molecule has 0 aliphatic heterocycles. The Morgan fingerprint density at radius 3 is 2.24 bits per heavy atom. The van der Waals surface area contributed by atoms with Crippen LogP contribution < -0.4 is 10.4 Å². The highest BCUT2D eigenvalue weighted by molar-refractivity contribution is 7.17. The molecule has 3 aromatic rings. The van der Waals surface area contributed by atoms with Crippen LogP contribution in [0.5, 0.6) is 0 Å². The molecule has 1 amide bonds. The summed E-state index contributed by atoms with van der Waals surface area (Å²) in [5.74, 6) is -0.377. The highest BCUT2D eigenvalue weighted by atomic mass is 32.1. The highest BCUT2D eigenvalue weighted by Crippen LogP contribution is 2.24. The molecule has 7 heteroatoms. The second kappa shape index (κ2) is 7.59. The minimum absolute atomic E-state index is 0.0560. The molecule has 2 aromatic carbocycles. The molecule has 6 nitrogen and oxygen atoms in total. The molecule has 1 N–H and O–H groups in total. The third-order valence-electron chi connectivity index (χ3n) is 3.48. The molecule has 0 bridgehead atoms. The molecule has 1 heterocycles. The zero-order chi connectivity index (χ0) is 17.6. The molecule has 25 heavy (non-hydrogen) atoms. The average molecular weight is 353 g/mol. The lowest BCUT2D eigenvalue weighted by Gasteiger charge is -2.25. The average Bonchev–Trinajstić information content (AvgIpc) is 3.13. The fraction of sp³-hybridized carbons (Fsp3) is 0.0556. The van der Waals surface area contributed by atoms with Gasteiger partial charge in [0, 0.05) is 6.07 Å². The normalized spacial score (nSPS) is 10.2. The van der Waals surface area contributed by atoms with Crippen molar-refractivity contribution in [2.45, 2.75) is 6.54 Å². The fourth-order valence-corrected chi connectivity index (χ4v) is 3.01. The molecule has 0 unspecified atom stereocenters. The third-order valence-corrected chi connectivity index (χ3v) is 4.52. The summed E-state index contributed by atoms with van der Waals surface area (Å²) in [7, 11) is 0. The Labute approximate surface area is 148 Å². The van der Waals surface area contributed by atoms with Crippen molar-refractivity contribution in [1.29, 1.82) is 0 Å². The summed E-state index contributed by atoms with van der Waals surface area (Å²) in [4.78, 5) is 23.1. The van der Waals surface area contributed by atoms with Crippen LogP contribution in [0.1, 0.15) is 15.2 Å². The van der Waals surface area contributed by atoms with E-state index in [1.54, 1.807) is 5.01 Å². The first kappa shape index (κ1) is 16.7. The number of rotatable bonds is 6. The maximum Gasteiger partial charge on any atom is 0.324 e. The van der Waals surface area contributed by atoms with Crippen molar-refractivity contribution >= 4 is 27.9 Å². The predicted octanol–water partition coefficient (Wildman–Crippen LogP) is 4.01. The van der Waals surface area contributed by atoms with E-state index in [0.717, 1.165) is 22.6 Å². The van der Waals surface area contributed by atoms with Gasteiger partial charge in [-0.2, -0.15) is 0 Å². The Morgan fingerprint density at radius 2 is 1.64 bits per heavy atom. The molecule has 0 saturated heterocycles. The number of hydrogen-bond donors (Lipinski definition) is 1. The third kappa shape index (κ3) is 4.21. The Balaban J connectivity index is 1.81. The molecule has 0 radical (unpaired) electrons. The molecule has 1 aromatic heterocycles. The summed E-state index contributed by atoms with van der Waals surface area (Å²) in [6, 6.07) is 22.0. The topological polar surface area (TPSA) is 75.5 Å². The molecule has 0 fully saturated rings. The van der Waals surface area contributed by atoms with Crippen molar-refractivity contribution in [3.05, 3.63) is 93.4 Å². The number of carbonyl (C=O) groups excluding carboxylic acids is 1. The number of thiophene rings is 1. The van der Waals surface area contributed by atoms with Gasteiger partial charge >= 0.3 is 5.00 Å². The Hall–Kier alpha value is -3.19. The summed E-state index contributed by atoms with van der Waals surface area (Å²) in [6.45, 7) is 0.476. The number of carbonyl (C=O) groups is 1. The first-order valence-corrected chi connectivity index (χ1v) is 8.37. The smallest absolute Gasteiger partial charge is 0.281 e. The Bertz CT molecular complexity index is 866. The number of nitrogens with one attached hydrogen (secondary N) is 1. The lowest BCUT2D eigenvalue weighted by molar-refractivity contribution is -0.380. The lowest BCUT2D eigenvalue weighted by Crippen LogP contribution is -2.41. The van der Waals surface area contributed by atoms with Crippen LogP contribution >= 0.6 is 11.3 Å². The predicted molar refractivity (Wildman–Crippen MR) is 97.5 cm³/mol. The fourth-order valence-electron chi connectivity index (χ4n) is 2.29. The molecule has 3 rings (SSSR count). The van der Waals surface area contributed by atoms with Gasteiger partial charge in [-0.15, -0.1) is 0 Å². The minimum Gasteiger partial charge on any atom is -0.281 e. The minimum atomic E-state index is -0.500. The first-order valence-electron chi connectivity index (χ1n) is 7.55. The van der Waals surface area contributed by atoms with Gasteiger partial charge < -0.3 is 0 Å². The molecular weight excluding hydrogens is 338 g/mol. The van der Waals surface area contributed by atoms with Crippen LogP contribution in [-0.4, -0.2) is 10.8 Å². The Kier molecular flexibility index (Phi) is 5.06. The van der Waals surface area contributed by atoms with Crippen LogP contribution in [0.25, 0.3) is 0 Å². The van der Waals surface area contributed by atoms with E-state index in [1.165, 1.54) is 12.1 Å². The van der Waals surface area contributed by atoms with E-state index in [0.29, 0.717) is 11.4 Å². The number of amides is 1. The van der Waals surface area contributed by atoms with Gasteiger partial charge in [-0.3, -0.25) is 25.3 Å². The van der Waals surface area contributed by atoms with Crippen LogP contribution in [0.15, 0.2) is 72.8 Å². The zero-order valence-corrected chi connectivity index (χ0v) is 14.0. The van der Waals surface area contributed by atoms with E-state index in [9.17, 15) is 14.9 Å². The largest absolute Gasteiger partial charge is 0.324 e.